The Kier molecular flexibility index (Phi) is 5.28. The van der Waals surface area contributed by atoms with Crippen molar-refractivity contribution in [1.29, 1.82) is 0 Å². The minimum atomic E-state index is -0.242. The Labute approximate surface area is 161 Å². The third-order valence-corrected chi connectivity index (χ3v) is 6.37. The van der Waals surface area contributed by atoms with Crippen LogP contribution in [-0.2, 0) is 12.3 Å². The maximum Gasteiger partial charge on any atom is 0.206 e. The van der Waals surface area contributed by atoms with Gasteiger partial charge in [-0.3, -0.25) is 0 Å². The molecule has 3 aromatic heterocycles. The van der Waals surface area contributed by atoms with Crippen molar-refractivity contribution in [2.45, 2.75) is 16.6 Å². The molecule has 0 aliphatic heterocycles. The highest BCUT2D eigenvalue weighted by Crippen LogP contribution is 2.30. The molecule has 4 aromatic rings. The Morgan fingerprint density at radius 3 is 2.85 bits per heavy atom. The first kappa shape index (κ1) is 17.2. The number of benzene rings is 1. The zero-order valence-corrected chi connectivity index (χ0v) is 15.8. The molecule has 0 aliphatic carbocycles. The fraction of sp³-hybridized carbons (Fsp3) is 0.118. The van der Waals surface area contributed by atoms with Gasteiger partial charge in [-0.05, 0) is 36.4 Å². The molecule has 26 heavy (non-hydrogen) atoms. The molecule has 1 N–H and O–H groups in total. The average molecular weight is 405 g/mol. The summed E-state index contributed by atoms with van der Waals surface area (Å²) >= 11 is 4.65. The maximum atomic E-state index is 13.0. The molecule has 0 aliphatic rings. The topological polar surface area (TPSA) is 63.8 Å². The number of hydrogen-bond donors (Lipinski definition) is 1. The van der Waals surface area contributed by atoms with Gasteiger partial charge in [0.15, 0.2) is 4.34 Å². The van der Waals surface area contributed by atoms with Crippen LogP contribution in [0, 0.1) is 5.82 Å². The van der Waals surface area contributed by atoms with Gasteiger partial charge in [-0.15, -0.1) is 21.5 Å². The molecule has 0 saturated heterocycles. The lowest BCUT2D eigenvalue weighted by Crippen LogP contribution is -1.96. The van der Waals surface area contributed by atoms with Crippen molar-refractivity contribution in [3.8, 4) is 10.6 Å². The predicted molar refractivity (Wildman–Crippen MR) is 103 cm³/mol. The second kappa shape index (κ2) is 7.98. The number of hydrogen-bond acceptors (Lipinski definition) is 8. The zero-order chi connectivity index (χ0) is 17.8. The number of anilines is 1. The van der Waals surface area contributed by atoms with Gasteiger partial charge >= 0.3 is 0 Å². The van der Waals surface area contributed by atoms with Crippen LogP contribution in [0.2, 0.25) is 0 Å². The Morgan fingerprint density at radius 1 is 1.15 bits per heavy atom. The maximum absolute atomic E-state index is 13.0. The molecular weight excluding hydrogens is 391 g/mol. The Morgan fingerprint density at radius 2 is 2.04 bits per heavy atom. The first-order valence-corrected chi connectivity index (χ1v) is 10.4. The lowest BCUT2D eigenvalue weighted by Gasteiger charge is -1.97. The number of thiazole rings is 1. The Hall–Kier alpha value is -2.23. The van der Waals surface area contributed by atoms with E-state index in [4.69, 9.17) is 4.42 Å². The molecular formula is C17H13FN4OS3. The summed E-state index contributed by atoms with van der Waals surface area (Å²) in [5.41, 5.74) is 1.90. The van der Waals surface area contributed by atoms with E-state index in [9.17, 15) is 4.39 Å². The average Bonchev–Trinajstić information content (AvgIpc) is 3.40. The molecule has 0 bridgehead atoms. The number of nitrogens with one attached hydrogen (secondary N) is 1. The summed E-state index contributed by atoms with van der Waals surface area (Å²) in [6.07, 6.45) is 1.65. The van der Waals surface area contributed by atoms with E-state index in [-0.39, 0.29) is 5.82 Å². The second-order valence-corrected chi connectivity index (χ2v) is 8.30. The van der Waals surface area contributed by atoms with Crippen LogP contribution in [0.3, 0.4) is 0 Å². The number of halogens is 1. The first-order valence-electron chi connectivity index (χ1n) is 7.69. The fourth-order valence-corrected chi connectivity index (χ4v) is 4.72. The smallest absolute Gasteiger partial charge is 0.206 e. The van der Waals surface area contributed by atoms with E-state index >= 15 is 0 Å². The van der Waals surface area contributed by atoms with Gasteiger partial charge in [0.2, 0.25) is 5.13 Å². The summed E-state index contributed by atoms with van der Waals surface area (Å²) in [6, 6.07) is 10.1. The number of rotatable bonds is 7. The first-order chi connectivity index (χ1) is 12.8. The standard InChI is InChI=1S/C17H13FN4OS3/c18-12-5-3-11(4-6-12)15-20-13(9-24-15)10-25-17-22-21-16(26-17)19-8-14-2-1-7-23-14/h1-7,9H,8,10H2,(H,19,21). The number of nitrogens with zero attached hydrogens (tertiary/aromatic N) is 3. The van der Waals surface area contributed by atoms with E-state index in [1.165, 1.54) is 23.5 Å². The van der Waals surface area contributed by atoms with Gasteiger partial charge in [-0.2, -0.15) is 0 Å². The number of furan rings is 1. The number of thioether (sulfide) groups is 1. The molecule has 4 rings (SSSR count). The van der Waals surface area contributed by atoms with Crippen LogP contribution in [0.15, 0.2) is 56.8 Å². The van der Waals surface area contributed by atoms with Crippen LogP contribution in [0.1, 0.15) is 11.5 Å². The summed E-state index contributed by atoms with van der Waals surface area (Å²) < 4.78 is 19.2. The van der Waals surface area contributed by atoms with Crippen molar-refractivity contribution in [2.75, 3.05) is 5.32 Å². The quantitative estimate of drug-likeness (QED) is 0.422. The highest BCUT2D eigenvalue weighted by atomic mass is 32.2. The Balaban J connectivity index is 1.32. The highest BCUT2D eigenvalue weighted by molar-refractivity contribution is 8.00. The summed E-state index contributed by atoms with van der Waals surface area (Å²) in [7, 11) is 0. The highest BCUT2D eigenvalue weighted by Gasteiger charge is 2.09. The van der Waals surface area contributed by atoms with Crippen LogP contribution in [0.5, 0.6) is 0 Å². The lowest BCUT2D eigenvalue weighted by molar-refractivity contribution is 0.518. The van der Waals surface area contributed by atoms with Gasteiger partial charge in [0.05, 0.1) is 18.5 Å². The van der Waals surface area contributed by atoms with Gasteiger partial charge in [-0.1, -0.05) is 23.1 Å². The zero-order valence-electron chi connectivity index (χ0n) is 13.4. The predicted octanol–water partition coefficient (Wildman–Crippen LogP) is 5.30. The molecule has 9 heteroatoms. The van der Waals surface area contributed by atoms with Crippen LogP contribution in [0.4, 0.5) is 9.52 Å². The van der Waals surface area contributed by atoms with Gasteiger partial charge in [0.1, 0.15) is 16.6 Å². The van der Waals surface area contributed by atoms with Crippen molar-refractivity contribution < 1.29 is 8.81 Å². The molecule has 0 saturated carbocycles. The van der Waals surface area contributed by atoms with Gasteiger partial charge < -0.3 is 9.73 Å². The van der Waals surface area contributed by atoms with Gasteiger partial charge in [0, 0.05) is 16.7 Å². The van der Waals surface area contributed by atoms with E-state index in [0.29, 0.717) is 12.3 Å². The van der Waals surface area contributed by atoms with Crippen molar-refractivity contribution in [1.82, 2.24) is 15.2 Å². The van der Waals surface area contributed by atoms with Crippen LogP contribution >= 0.6 is 34.4 Å². The molecule has 0 fully saturated rings. The summed E-state index contributed by atoms with van der Waals surface area (Å²) in [4.78, 5) is 4.61. The summed E-state index contributed by atoms with van der Waals surface area (Å²) in [6.45, 7) is 0.583. The van der Waals surface area contributed by atoms with E-state index in [0.717, 1.165) is 31.5 Å². The Bertz CT molecular complexity index is 966. The molecule has 0 atom stereocenters. The van der Waals surface area contributed by atoms with Gasteiger partial charge in [0.25, 0.3) is 0 Å². The van der Waals surface area contributed by atoms with E-state index in [2.05, 4.69) is 20.5 Å². The van der Waals surface area contributed by atoms with Crippen LogP contribution < -0.4 is 5.32 Å². The summed E-state index contributed by atoms with van der Waals surface area (Å²) in [5, 5.41) is 15.2. The van der Waals surface area contributed by atoms with Crippen molar-refractivity contribution in [2.24, 2.45) is 0 Å². The van der Waals surface area contributed by atoms with E-state index < -0.39 is 0 Å². The largest absolute Gasteiger partial charge is 0.467 e. The molecule has 0 unspecified atom stereocenters. The van der Waals surface area contributed by atoms with Crippen molar-refractivity contribution in [3.05, 3.63) is 65.3 Å². The number of aromatic nitrogens is 3. The lowest BCUT2D eigenvalue weighted by atomic mass is 10.2. The van der Waals surface area contributed by atoms with Gasteiger partial charge in [-0.25, -0.2) is 9.37 Å². The van der Waals surface area contributed by atoms with Crippen molar-refractivity contribution in [3.63, 3.8) is 0 Å². The van der Waals surface area contributed by atoms with Crippen LogP contribution in [-0.4, -0.2) is 15.2 Å². The molecule has 0 amide bonds. The van der Waals surface area contributed by atoms with Crippen molar-refractivity contribution >= 4 is 39.6 Å². The normalized spacial score (nSPS) is 11.0. The molecule has 5 nitrogen and oxygen atoms in total. The monoisotopic (exact) mass is 404 g/mol. The molecule has 3 heterocycles. The van der Waals surface area contributed by atoms with E-state index in [1.54, 1.807) is 41.5 Å². The second-order valence-electron chi connectivity index (χ2n) is 5.25. The third-order valence-electron chi connectivity index (χ3n) is 3.39. The molecule has 0 radical (unpaired) electrons. The summed E-state index contributed by atoms with van der Waals surface area (Å²) in [5.74, 6) is 1.32. The molecule has 1 aromatic carbocycles. The molecule has 132 valence electrons. The SMILES string of the molecule is Fc1ccc(-c2nc(CSc3nnc(NCc4ccco4)s3)cs2)cc1. The van der Waals surface area contributed by atoms with E-state index in [1.807, 2.05) is 17.5 Å². The fourth-order valence-electron chi connectivity index (χ4n) is 2.15. The minimum absolute atomic E-state index is 0.242. The molecule has 0 spiro atoms. The third kappa shape index (κ3) is 4.29. The van der Waals surface area contributed by atoms with Crippen LogP contribution in [0.25, 0.3) is 10.6 Å². The minimum Gasteiger partial charge on any atom is -0.467 e.